The number of hydrogen-bond acceptors (Lipinski definition) is 6. The average Bonchev–Trinajstić information content (AvgIpc) is 2.99. The molecule has 4 aromatic carbocycles. The van der Waals surface area contributed by atoms with Crippen molar-refractivity contribution in [3.63, 3.8) is 0 Å². The average molecular weight is 642 g/mol. The van der Waals surface area contributed by atoms with Gasteiger partial charge in [0.25, 0.3) is 0 Å². The van der Waals surface area contributed by atoms with Crippen molar-refractivity contribution in [3.05, 3.63) is 128 Å². The van der Waals surface area contributed by atoms with Gasteiger partial charge in [0, 0.05) is 32.3 Å². The molecule has 0 spiro atoms. The molecule has 0 aliphatic rings. The molecule has 43 heavy (non-hydrogen) atoms. The van der Waals surface area contributed by atoms with Crippen molar-refractivity contribution < 1.29 is 10.2 Å². The number of phenols is 2. The molecule has 0 unspecified atom stereocenters. The quantitative estimate of drug-likeness (QED) is 0.135. The molecule has 6 nitrogen and oxygen atoms in total. The Morgan fingerprint density at radius 1 is 0.558 bits per heavy atom. The van der Waals surface area contributed by atoms with Crippen molar-refractivity contribution in [2.24, 2.45) is 0 Å². The Bertz CT molecular complexity index is 1940. The zero-order valence-electron chi connectivity index (χ0n) is 22.3. The third kappa shape index (κ3) is 6.53. The van der Waals surface area contributed by atoms with Gasteiger partial charge in [-0.1, -0.05) is 59.6 Å². The molecule has 0 bridgehead atoms. The van der Waals surface area contributed by atoms with Gasteiger partial charge in [-0.05, 0) is 103 Å². The topological polar surface area (TPSA) is 97.8 Å². The molecule has 4 N–H and O–H groups in total. The maximum atomic E-state index is 10.8. The number of benzene rings is 4. The lowest BCUT2D eigenvalue weighted by Gasteiger charge is -2.12. The number of halogens is 2. The van der Waals surface area contributed by atoms with Crippen LogP contribution in [0.1, 0.15) is 11.1 Å². The fourth-order valence-electron chi connectivity index (χ4n) is 4.80. The van der Waals surface area contributed by atoms with Crippen molar-refractivity contribution in [1.82, 2.24) is 19.9 Å². The molecule has 2 heterocycles. The molecule has 0 saturated carbocycles. The molecule has 212 valence electrons. The highest BCUT2D eigenvalue weighted by Gasteiger charge is 2.13. The van der Waals surface area contributed by atoms with E-state index in [0.717, 1.165) is 22.3 Å². The Morgan fingerprint density at radius 2 is 0.953 bits per heavy atom. The second-order valence-corrected chi connectivity index (χ2v) is 11.5. The van der Waals surface area contributed by atoms with E-state index in [9.17, 15) is 10.2 Å². The SMILES string of the molecule is Oc1ccc(Cc2ccc(O)c(-c3cc(-c4ccc(Cl)cc4)nc(=S)[nH]3)c2)cc1-c1cc(-c2ccc(Cl)cc2)nc(=S)[nH]1. The summed E-state index contributed by atoms with van der Waals surface area (Å²) in [6.07, 6.45) is 0.534. The van der Waals surface area contributed by atoms with Gasteiger partial charge in [-0.2, -0.15) is 0 Å². The maximum Gasteiger partial charge on any atom is 0.197 e. The molecule has 10 heteroatoms. The number of aromatic amines is 2. The predicted molar refractivity (Wildman–Crippen MR) is 177 cm³/mol. The highest BCUT2D eigenvalue weighted by atomic mass is 35.5. The molecule has 6 rings (SSSR count). The van der Waals surface area contributed by atoms with Crippen LogP contribution in [0.5, 0.6) is 11.5 Å². The summed E-state index contributed by atoms with van der Waals surface area (Å²) in [5.74, 6) is 0.210. The van der Waals surface area contributed by atoms with Crippen LogP contribution >= 0.6 is 47.6 Å². The van der Waals surface area contributed by atoms with E-state index in [1.807, 2.05) is 60.7 Å². The normalized spacial score (nSPS) is 11.0. The van der Waals surface area contributed by atoms with Gasteiger partial charge in [-0.15, -0.1) is 0 Å². The lowest BCUT2D eigenvalue weighted by molar-refractivity contribution is 0.476. The summed E-state index contributed by atoms with van der Waals surface area (Å²) >= 11 is 22.9. The van der Waals surface area contributed by atoms with Crippen LogP contribution in [0, 0.1) is 9.54 Å². The van der Waals surface area contributed by atoms with Crippen molar-refractivity contribution in [2.45, 2.75) is 6.42 Å². The number of aromatic nitrogens is 4. The summed E-state index contributed by atoms with van der Waals surface area (Å²) in [5, 5.41) is 22.8. The van der Waals surface area contributed by atoms with Gasteiger partial charge >= 0.3 is 0 Å². The maximum absolute atomic E-state index is 10.8. The Balaban J connectivity index is 1.34. The van der Waals surface area contributed by atoms with Crippen molar-refractivity contribution in [3.8, 4) is 56.5 Å². The van der Waals surface area contributed by atoms with Gasteiger partial charge in [-0.3, -0.25) is 0 Å². The zero-order chi connectivity index (χ0) is 30.1. The summed E-state index contributed by atoms with van der Waals surface area (Å²) in [7, 11) is 0. The molecule has 0 fully saturated rings. The fraction of sp³-hybridized carbons (Fsp3) is 0.0303. The van der Waals surface area contributed by atoms with Gasteiger partial charge in [0.2, 0.25) is 0 Å². The lowest BCUT2D eigenvalue weighted by atomic mass is 9.97. The molecule has 0 atom stereocenters. The molecular formula is C33H22Cl2N4O2S2. The van der Waals surface area contributed by atoms with Gasteiger partial charge in [0.15, 0.2) is 9.54 Å². The first kappa shape index (κ1) is 28.8. The molecule has 0 saturated heterocycles. The van der Waals surface area contributed by atoms with Crippen molar-refractivity contribution in [1.29, 1.82) is 0 Å². The number of aromatic hydroxyl groups is 2. The third-order valence-corrected chi connectivity index (χ3v) is 7.77. The van der Waals surface area contributed by atoms with Crippen LogP contribution in [0.4, 0.5) is 0 Å². The zero-order valence-corrected chi connectivity index (χ0v) is 25.5. The van der Waals surface area contributed by atoms with E-state index in [2.05, 4.69) is 19.9 Å². The minimum Gasteiger partial charge on any atom is -0.507 e. The van der Waals surface area contributed by atoms with Crippen LogP contribution < -0.4 is 0 Å². The molecular weight excluding hydrogens is 619 g/mol. The number of nitrogens with one attached hydrogen (secondary N) is 2. The summed E-state index contributed by atoms with van der Waals surface area (Å²) < 4.78 is 0.589. The van der Waals surface area contributed by atoms with Gasteiger partial charge in [0.05, 0.1) is 22.8 Å². The number of rotatable bonds is 6. The van der Waals surface area contributed by atoms with Crippen LogP contribution in [-0.4, -0.2) is 30.1 Å². The van der Waals surface area contributed by atoms with Crippen molar-refractivity contribution >= 4 is 47.6 Å². The van der Waals surface area contributed by atoms with E-state index in [4.69, 9.17) is 47.6 Å². The second-order valence-electron chi connectivity index (χ2n) is 9.86. The van der Waals surface area contributed by atoms with Crippen LogP contribution in [0.2, 0.25) is 10.0 Å². The van der Waals surface area contributed by atoms with E-state index in [1.165, 1.54) is 0 Å². The number of phenolic OH excluding ortho intramolecular Hbond substituents is 2. The summed E-state index contributed by atoms with van der Waals surface area (Å²) in [5.41, 5.74) is 7.37. The highest BCUT2D eigenvalue weighted by Crippen LogP contribution is 2.34. The monoisotopic (exact) mass is 640 g/mol. The first-order valence-electron chi connectivity index (χ1n) is 13.1. The lowest BCUT2D eigenvalue weighted by Crippen LogP contribution is -1.95. The second kappa shape index (κ2) is 12.1. The summed E-state index contributed by atoms with van der Waals surface area (Å²) in [6.45, 7) is 0. The largest absolute Gasteiger partial charge is 0.507 e. The first-order chi connectivity index (χ1) is 20.7. The number of nitrogens with zero attached hydrogens (tertiary/aromatic N) is 2. The summed E-state index contributed by atoms with van der Waals surface area (Å²) in [4.78, 5) is 15.1. The molecule has 0 aliphatic heterocycles. The van der Waals surface area contributed by atoms with Gasteiger partial charge < -0.3 is 20.2 Å². The Hall–Kier alpha value is -4.34. The van der Waals surface area contributed by atoms with Gasteiger partial charge in [0.1, 0.15) is 11.5 Å². The molecule has 0 radical (unpaired) electrons. The molecule has 2 aromatic heterocycles. The third-order valence-electron chi connectivity index (χ3n) is 6.88. The van der Waals surface area contributed by atoms with E-state index in [-0.39, 0.29) is 11.5 Å². The minimum absolute atomic E-state index is 0.105. The van der Waals surface area contributed by atoms with E-state index < -0.39 is 0 Å². The minimum atomic E-state index is 0.105. The summed E-state index contributed by atoms with van der Waals surface area (Å²) in [6, 6.07) is 29.2. The number of H-pyrrole nitrogens is 2. The Morgan fingerprint density at radius 3 is 1.35 bits per heavy atom. The fourth-order valence-corrected chi connectivity index (χ4v) is 5.46. The molecule has 0 amide bonds. The van der Waals surface area contributed by atoms with Crippen molar-refractivity contribution in [2.75, 3.05) is 0 Å². The van der Waals surface area contributed by atoms with E-state index in [0.29, 0.717) is 59.9 Å². The van der Waals surface area contributed by atoms with Crippen LogP contribution in [0.25, 0.3) is 45.0 Å². The van der Waals surface area contributed by atoms with Crippen LogP contribution in [-0.2, 0) is 6.42 Å². The smallest absolute Gasteiger partial charge is 0.197 e. The van der Waals surface area contributed by atoms with E-state index >= 15 is 0 Å². The predicted octanol–water partition coefficient (Wildman–Crippen LogP) is 9.57. The molecule has 6 aromatic rings. The van der Waals surface area contributed by atoms with Crippen LogP contribution in [0.15, 0.2) is 97.1 Å². The first-order valence-corrected chi connectivity index (χ1v) is 14.7. The standard InChI is InChI=1S/C33H22Cl2N4O2S2/c34-22-7-3-20(4-8-22)26-16-28(38-32(42)36-26)24-14-18(1-11-30(24)40)13-19-2-12-31(41)25(15-19)29-17-27(37-33(43)39-29)21-5-9-23(35)10-6-21/h1-12,14-17,40-41H,13H2,(H,36,38,42)(H,37,39,43). The Kier molecular flexibility index (Phi) is 8.10. The molecule has 0 aliphatic carbocycles. The van der Waals surface area contributed by atoms with Crippen LogP contribution in [0.3, 0.4) is 0 Å². The van der Waals surface area contributed by atoms with Gasteiger partial charge in [-0.25, -0.2) is 9.97 Å². The number of hydrogen-bond donors (Lipinski definition) is 4. The Labute approximate surface area is 267 Å². The van der Waals surface area contributed by atoms with E-state index in [1.54, 1.807) is 36.4 Å². The highest BCUT2D eigenvalue weighted by molar-refractivity contribution is 7.71.